The second kappa shape index (κ2) is 10.5. The van der Waals surface area contributed by atoms with Crippen molar-refractivity contribution in [2.45, 2.75) is 51.7 Å². The van der Waals surface area contributed by atoms with E-state index in [4.69, 9.17) is 18.8 Å². The van der Waals surface area contributed by atoms with Crippen molar-refractivity contribution in [1.82, 2.24) is 10.3 Å². The number of rotatable bonds is 7. The van der Waals surface area contributed by atoms with Gasteiger partial charge in [-0.25, -0.2) is 9.78 Å². The first kappa shape index (κ1) is 27.0. The van der Waals surface area contributed by atoms with Gasteiger partial charge < -0.3 is 24.1 Å². The van der Waals surface area contributed by atoms with E-state index in [9.17, 15) is 4.79 Å². The fraction of sp³-hybridized carbons (Fsp3) is 0.355. The molecular formula is C31H35BN2O5. The van der Waals surface area contributed by atoms with E-state index in [1.54, 1.807) is 13.3 Å². The molecule has 7 nitrogen and oxygen atoms in total. The number of methoxy groups -OCH3 is 1. The number of aromatic nitrogens is 1. The number of pyridine rings is 1. The van der Waals surface area contributed by atoms with Crippen LogP contribution in [0.5, 0.6) is 5.88 Å². The Balaban J connectivity index is 1.31. The molecule has 0 saturated carbocycles. The van der Waals surface area contributed by atoms with Gasteiger partial charge >= 0.3 is 13.2 Å². The maximum atomic E-state index is 12.9. The smallest absolute Gasteiger partial charge is 0.481 e. The standard InChI is InChI=1S/C31H35BN2O5/c1-20-15-21(17-33-28(20)36-6)16-22(32-38-30(2,3)31(4,5)39-32)18-34-29(35)37-19-27-25-13-9-7-11-23(25)24-12-8-10-14-26(24)27/h7-17,27H,18-19H2,1-6H3,(H,34,35). The minimum Gasteiger partial charge on any atom is -0.481 e. The molecule has 0 bridgehead atoms. The number of carbonyl (C=O) groups excluding carboxylic acids is 1. The normalized spacial score (nSPS) is 17.5. The molecule has 202 valence electrons. The van der Waals surface area contributed by atoms with Crippen LogP contribution in [-0.2, 0) is 14.0 Å². The molecule has 1 amide bonds. The molecule has 1 fully saturated rings. The van der Waals surface area contributed by atoms with Gasteiger partial charge in [-0.05, 0) is 74.0 Å². The Bertz CT molecular complexity index is 1360. The van der Waals surface area contributed by atoms with Crippen molar-refractivity contribution >= 4 is 19.3 Å². The average molecular weight is 526 g/mol. The second-order valence-electron chi connectivity index (χ2n) is 11.1. The third-order valence-electron chi connectivity index (χ3n) is 7.93. The third-order valence-corrected chi connectivity index (χ3v) is 7.93. The Kier molecular flexibility index (Phi) is 7.27. The van der Waals surface area contributed by atoms with E-state index >= 15 is 0 Å². The number of nitrogens with one attached hydrogen (secondary N) is 1. The SMILES string of the molecule is COc1ncc(C=C(CNC(=O)OCC2c3ccccc3-c3ccccc32)B2OC(C)(C)C(C)(C)O2)cc1C. The van der Waals surface area contributed by atoms with Crippen LogP contribution in [0.2, 0.25) is 0 Å². The first-order valence-electron chi connectivity index (χ1n) is 13.3. The lowest BCUT2D eigenvalue weighted by atomic mass is 9.77. The van der Waals surface area contributed by atoms with E-state index in [-0.39, 0.29) is 19.1 Å². The molecule has 0 radical (unpaired) electrons. The van der Waals surface area contributed by atoms with Crippen LogP contribution in [0.3, 0.4) is 0 Å². The molecule has 39 heavy (non-hydrogen) atoms. The van der Waals surface area contributed by atoms with Gasteiger partial charge in [-0.2, -0.15) is 0 Å². The number of hydrogen-bond acceptors (Lipinski definition) is 6. The largest absolute Gasteiger partial charge is 0.492 e. The summed E-state index contributed by atoms with van der Waals surface area (Å²) < 4.78 is 23.6. The summed E-state index contributed by atoms with van der Waals surface area (Å²) in [5.74, 6) is 0.565. The van der Waals surface area contributed by atoms with Gasteiger partial charge in [0.25, 0.3) is 0 Å². The van der Waals surface area contributed by atoms with Crippen molar-refractivity contribution in [2.75, 3.05) is 20.3 Å². The number of alkyl carbamates (subject to hydrolysis) is 1. The molecule has 2 aromatic carbocycles. The van der Waals surface area contributed by atoms with Gasteiger partial charge in [0.1, 0.15) is 6.61 Å². The van der Waals surface area contributed by atoms with E-state index in [1.807, 2.05) is 71.0 Å². The minimum absolute atomic E-state index is 0.00499. The average Bonchev–Trinajstić information content (AvgIpc) is 3.34. The second-order valence-corrected chi connectivity index (χ2v) is 11.1. The first-order chi connectivity index (χ1) is 18.6. The highest BCUT2D eigenvalue weighted by Crippen LogP contribution is 2.44. The molecule has 1 aliphatic carbocycles. The molecule has 2 aliphatic rings. The Labute approximate surface area is 230 Å². The summed E-state index contributed by atoms with van der Waals surface area (Å²) in [5.41, 5.74) is 6.21. The van der Waals surface area contributed by atoms with Crippen LogP contribution in [0, 0.1) is 6.92 Å². The van der Waals surface area contributed by atoms with Crippen molar-refractivity contribution in [2.24, 2.45) is 0 Å². The molecule has 0 atom stereocenters. The van der Waals surface area contributed by atoms with Crippen LogP contribution in [-0.4, -0.2) is 49.7 Å². The van der Waals surface area contributed by atoms with Crippen molar-refractivity contribution in [1.29, 1.82) is 0 Å². The van der Waals surface area contributed by atoms with Crippen molar-refractivity contribution in [3.63, 3.8) is 0 Å². The van der Waals surface area contributed by atoms with Crippen molar-refractivity contribution in [3.8, 4) is 17.0 Å². The van der Waals surface area contributed by atoms with Gasteiger partial charge in [0.05, 0.1) is 18.3 Å². The highest BCUT2D eigenvalue weighted by atomic mass is 16.7. The molecule has 5 rings (SSSR count). The number of carbonyl (C=O) groups is 1. The van der Waals surface area contributed by atoms with Gasteiger partial charge in [0, 0.05) is 24.2 Å². The maximum Gasteiger partial charge on any atom is 0.492 e. The predicted molar refractivity (Wildman–Crippen MR) is 153 cm³/mol. The maximum absolute atomic E-state index is 12.9. The topological polar surface area (TPSA) is 78.9 Å². The zero-order chi connectivity index (χ0) is 27.8. The number of hydrogen-bond donors (Lipinski definition) is 1. The Hall–Kier alpha value is -3.62. The molecule has 3 aromatic rings. The van der Waals surface area contributed by atoms with Gasteiger partial charge in [0.15, 0.2) is 0 Å². The summed E-state index contributed by atoms with van der Waals surface area (Å²) in [5, 5.41) is 2.91. The fourth-order valence-corrected chi connectivity index (χ4v) is 5.11. The number of benzene rings is 2. The quantitative estimate of drug-likeness (QED) is 0.384. The zero-order valence-corrected chi connectivity index (χ0v) is 23.4. The number of ether oxygens (including phenoxy) is 2. The van der Waals surface area contributed by atoms with Crippen LogP contribution in [0.4, 0.5) is 4.79 Å². The summed E-state index contributed by atoms with van der Waals surface area (Å²) in [6, 6.07) is 18.5. The summed E-state index contributed by atoms with van der Waals surface area (Å²) in [6.07, 6.45) is 3.17. The molecule has 1 aliphatic heterocycles. The lowest BCUT2D eigenvalue weighted by Crippen LogP contribution is -2.41. The number of fused-ring (bicyclic) bond motifs is 3. The molecule has 1 N–H and O–H groups in total. The van der Waals surface area contributed by atoms with Gasteiger partial charge in [-0.1, -0.05) is 54.6 Å². The summed E-state index contributed by atoms with van der Waals surface area (Å²) in [6.45, 7) is 10.4. The van der Waals surface area contributed by atoms with E-state index in [0.29, 0.717) is 5.88 Å². The first-order valence-corrected chi connectivity index (χ1v) is 13.3. The molecular weight excluding hydrogens is 491 g/mol. The number of nitrogens with zero attached hydrogens (tertiary/aromatic N) is 1. The van der Waals surface area contributed by atoms with E-state index in [0.717, 1.165) is 16.6 Å². The molecule has 1 aromatic heterocycles. The van der Waals surface area contributed by atoms with E-state index in [1.165, 1.54) is 22.3 Å². The van der Waals surface area contributed by atoms with Crippen LogP contribution >= 0.6 is 0 Å². The summed E-state index contributed by atoms with van der Waals surface area (Å²) in [4.78, 5) is 17.3. The Morgan fingerprint density at radius 3 is 2.18 bits per heavy atom. The van der Waals surface area contributed by atoms with E-state index in [2.05, 4.69) is 34.6 Å². The monoisotopic (exact) mass is 526 g/mol. The third kappa shape index (κ3) is 5.31. The minimum atomic E-state index is -0.633. The molecule has 0 spiro atoms. The molecule has 8 heteroatoms. The lowest BCUT2D eigenvalue weighted by molar-refractivity contribution is 0.00578. The van der Waals surface area contributed by atoms with E-state index < -0.39 is 24.4 Å². The van der Waals surface area contributed by atoms with Crippen LogP contribution < -0.4 is 10.1 Å². The van der Waals surface area contributed by atoms with Crippen molar-refractivity contribution in [3.05, 3.63) is 88.5 Å². The molecule has 1 saturated heterocycles. The van der Waals surface area contributed by atoms with Crippen LogP contribution in [0.25, 0.3) is 17.2 Å². The van der Waals surface area contributed by atoms with Crippen molar-refractivity contribution < 1.29 is 23.6 Å². The predicted octanol–water partition coefficient (Wildman–Crippen LogP) is 5.95. The number of aryl methyl sites for hydroxylation is 1. The highest BCUT2D eigenvalue weighted by Gasteiger charge is 2.52. The van der Waals surface area contributed by atoms with Gasteiger partial charge in [-0.3, -0.25) is 0 Å². The molecule has 0 unspecified atom stereocenters. The Morgan fingerprint density at radius 1 is 1.03 bits per heavy atom. The van der Waals surface area contributed by atoms with Crippen LogP contribution in [0.1, 0.15) is 55.9 Å². The summed E-state index contributed by atoms with van der Waals surface area (Å²) in [7, 11) is 0.963. The summed E-state index contributed by atoms with van der Waals surface area (Å²) >= 11 is 0. The molecule has 2 heterocycles. The highest BCUT2D eigenvalue weighted by molar-refractivity contribution is 6.56. The fourth-order valence-electron chi connectivity index (χ4n) is 5.11. The lowest BCUT2D eigenvalue weighted by Gasteiger charge is -2.32. The Morgan fingerprint density at radius 2 is 1.62 bits per heavy atom. The van der Waals surface area contributed by atoms with Gasteiger partial charge in [-0.15, -0.1) is 0 Å². The van der Waals surface area contributed by atoms with Gasteiger partial charge in [0.2, 0.25) is 5.88 Å². The van der Waals surface area contributed by atoms with Crippen LogP contribution in [0.15, 0.2) is 66.3 Å². The number of amides is 1. The zero-order valence-electron chi connectivity index (χ0n) is 23.4.